The summed E-state index contributed by atoms with van der Waals surface area (Å²) in [7, 11) is 1.59. The molecule has 1 aromatic carbocycles. The highest BCUT2D eigenvalue weighted by Crippen LogP contribution is 2.30. The molecule has 140 valence electrons. The maximum atomic E-state index is 11.5. The van der Waals surface area contributed by atoms with Gasteiger partial charge in [-0.2, -0.15) is 15.2 Å². The van der Waals surface area contributed by atoms with Crippen molar-refractivity contribution in [2.24, 2.45) is 5.10 Å². The van der Waals surface area contributed by atoms with Gasteiger partial charge in [0, 0.05) is 11.0 Å². The molecule has 0 saturated heterocycles. The van der Waals surface area contributed by atoms with Crippen LogP contribution in [0.25, 0.3) is 0 Å². The average Bonchev–Trinajstić information content (AvgIpc) is 2.59. The van der Waals surface area contributed by atoms with Gasteiger partial charge in [-0.1, -0.05) is 33.8 Å². The van der Waals surface area contributed by atoms with Crippen LogP contribution in [-0.4, -0.2) is 35.1 Å². The van der Waals surface area contributed by atoms with E-state index in [0.717, 1.165) is 12.0 Å². The summed E-state index contributed by atoms with van der Waals surface area (Å²) in [6.45, 7) is 8.53. The highest BCUT2D eigenvalue weighted by Gasteiger charge is 2.21. The molecule has 0 aliphatic heterocycles. The van der Waals surface area contributed by atoms with Crippen molar-refractivity contribution in [2.75, 3.05) is 19.1 Å². The first-order valence-corrected chi connectivity index (χ1v) is 8.43. The summed E-state index contributed by atoms with van der Waals surface area (Å²) in [5.41, 5.74) is 3.33. The number of hydrazone groups is 1. The van der Waals surface area contributed by atoms with E-state index in [1.807, 2.05) is 45.9 Å². The van der Waals surface area contributed by atoms with Crippen molar-refractivity contribution in [3.63, 3.8) is 0 Å². The van der Waals surface area contributed by atoms with Gasteiger partial charge in [0.05, 0.1) is 19.9 Å². The topological polar surface area (TPSA) is 101 Å². The lowest BCUT2D eigenvalue weighted by Gasteiger charge is -2.18. The van der Waals surface area contributed by atoms with Crippen molar-refractivity contribution in [3.05, 3.63) is 39.9 Å². The first-order valence-electron chi connectivity index (χ1n) is 8.43. The van der Waals surface area contributed by atoms with Crippen LogP contribution in [0.5, 0.6) is 11.5 Å². The van der Waals surface area contributed by atoms with E-state index in [1.54, 1.807) is 13.3 Å². The number of nitrogens with one attached hydrogen (secondary N) is 2. The van der Waals surface area contributed by atoms with Crippen molar-refractivity contribution in [3.8, 4) is 11.5 Å². The molecule has 26 heavy (non-hydrogen) atoms. The Bertz CT molecular complexity index is 824. The number of hydrogen-bond acceptors (Lipinski definition) is 7. The lowest BCUT2D eigenvalue weighted by atomic mass is 9.92. The molecule has 1 heterocycles. The van der Waals surface area contributed by atoms with Crippen LogP contribution in [-0.2, 0) is 5.41 Å². The maximum Gasteiger partial charge on any atom is 0.363 e. The van der Waals surface area contributed by atoms with Crippen LogP contribution in [0.15, 0.2) is 28.1 Å². The molecule has 0 fully saturated rings. The van der Waals surface area contributed by atoms with Gasteiger partial charge < -0.3 is 9.47 Å². The second kappa shape index (κ2) is 8.46. The van der Waals surface area contributed by atoms with Gasteiger partial charge in [0.15, 0.2) is 17.3 Å². The third-order valence-corrected chi connectivity index (χ3v) is 3.47. The fraction of sp³-hybridized carbons (Fsp3) is 0.444. The molecule has 1 aromatic heterocycles. The number of rotatable bonds is 7. The van der Waals surface area contributed by atoms with E-state index in [4.69, 9.17) is 9.47 Å². The SMILES string of the molecule is CCCOc1c(/C=N/Nc2nc(=O)[nH]nc2C(C)(C)C)cccc1OC. The molecule has 8 nitrogen and oxygen atoms in total. The molecule has 2 rings (SSSR count). The Morgan fingerprint density at radius 3 is 2.77 bits per heavy atom. The van der Waals surface area contributed by atoms with Crippen LogP contribution in [0.4, 0.5) is 5.82 Å². The normalized spacial score (nSPS) is 11.6. The van der Waals surface area contributed by atoms with Crippen LogP contribution in [0, 0.1) is 0 Å². The second-order valence-corrected chi connectivity index (χ2v) is 6.68. The molecular weight excluding hydrogens is 334 g/mol. The number of anilines is 1. The number of aromatic nitrogens is 3. The summed E-state index contributed by atoms with van der Waals surface area (Å²) in [6.07, 6.45) is 2.48. The Morgan fingerprint density at radius 1 is 1.35 bits per heavy atom. The van der Waals surface area contributed by atoms with Gasteiger partial charge in [-0.15, -0.1) is 0 Å². The largest absolute Gasteiger partial charge is 0.493 e. The van der Waals surface area contributed by atoms with Crippen molar-refractivity contribution >= 4 is 12.0 Å². The van der Waals surface area contributed by atoms with Crippen LogP contribution in [0.1, 0.15) is 45.4 Å². The number of nitrogens with zero attached hydrogens (tertiary/aromatic N) is 3. The lowest BCUT2D eigenvalue weighted by Crippen LogP contribution is -2.24. The molecule has 0 atom stereocenters. The van der Waals surface area contributed by atoms with Gasteiger partial charge in [0.1, 0.15) is 5.69 Å². The van der Waals surface area contributed by atoms with Gasteiger partial charge >= 0.3 is 5.69 Å². The molecule has 2 aromatic rings. The molecule has 0 aliphatic carbocycles. The van der Waals surface area contributed by atoms with Crippen LogP contribution in [0.3, 0.4) is 0 Å². The van der Waals surface area contributed by atoms with E-state index in [9.17, 15) is 4.79 Å². The fourth-order valence-corrected chi connectivity index (χ4v) is 2.25. The average molecular weight is 359 g/mol. The highest BCUT2D eigenvalue weighted by atomic mass is 16.5. The Hall–Kier alpha value is -2.90. The molecular formula is C18H25N5O3. The molecule has 0 spiro atoms. The van der Waals surface area contributed by atoms with Crippen molar-refractivity contribution in [1.82, 2.24) is 15.2 Å². The van der Waals surface area contributed by atoms with E-state index in [1.165, 1.54) is 0 Å². The number of aromatic amines is 1. The summed E-state index contributed by atoms with van der Waals surface area (Å²) in [5.74, 6) is 1.57. The zero-order valence-corrected chi connectivity index (χ0v) is 15.8. The predicted octanol–water partition coefficient (Wildman–Crippen LogP) is 2.71. The Morgan fingerprint density at radius 2 is 2.12 bits per heavy atom. The van der Waals surface area contributed by atoms with Gasteiger partial charge in [-0.05, 0) is 18.6 Å². The number of methoxy groups -OCH3 is 1. The molecule has 0 amide bonds. The van der Waals surface area contributed by atoms with E-state index < -0.39 is 5.69 Å². The van der Waals surface area contributed by atoms with Gasteiger partial charge in [0.2, 0.25) is 0 Å². The second-order valence-electron chi connectivity index (χ2n) is 6.68. The predicted molar refractivity (Wildman–Crippen MR) is 101 cm³/mol. The monoisotopic (exact) mass is 359 g/mol. The van der Waals surface area contributed by atoms with Crippen molar-refractivity contribution in [2.45, 2.75) is 39.5 Å². The Balaban J connectivity index is 2.29. The highest BCUT2D eigenvalue weighted by molar-refractivity contribution is 5.85. The lowest BCUT2D eigenvalue weighted by molar-refractivity contribution is 0.294. The molecule has 0 unspecified atom stereocenters. The number of H-pyrrole nitrogens is 1. The molecule has 0 aliphatic rings. The molecule has 0 saturated carbocycles. The maximum absolute atomic E-state index is 11.5. The first-order chi connectivity index (χ1) is 12.4. The van der Waals surface area contributed by atoms with Gasteiger partial charge in [-0.25, -0.2) is 9.89 Å². The van der Waals surface area contributed by atoms with Crippen LogP contribution < -0.4 is 20.6 Å². The summed E-state index contributed by atoms with van der Waals surface area (Å²) in [5, 5.41) is 10.6. The van der Waals surface area contributed by atoms with Crippen LogP contribution in [0.2, 0.25) is 0 Å². The minimum Gasteiger partial charge on any atom is -0.493 e. The van der Waals surface area contributed by atoms with E-state index >= 15 is 0 Å². The molecule has 8 heteroatoms. The van der Waals surface area contributed by atoms with Crippen LogP contribution >= 0.6 is 0 Å². The van der Waals surface area contributed by atoms with Gasteiger partial charge in [-0.3, -0.25) is 5.43 Å². The molecule has 0 bridgehead atoms. The summed E-state index contributed by atoms with van der Waals surface area (Å²) < 4.78 is 11.1. The summed E-state index contributed by atoms with van der Waals surface area (Å²) in [6, 6.07) is 5.55. The zero-order valence-electron chi connectivity index (χ0n) is 15.8. The summed E-state index contributed by atoms with van der Waals surface area (Å²) in [4.78, 5) is 15.4. The van der Waals surface area contributed by atoms with E-state index in [0.29, 0.717) is 29.6 Å². The first kappa shape index (κ1) is 19.4. The number of ether oxygens (including phenoxy) is 2. The Labute approximate surface area is 152 Å². The zero-order chi connectivity index (χ0) is 19.2. The Kier molecular flexibility index (Phi) is 6.32. The van der Waals surface area contributed by atoms with E-state index in [2.05, 4.69) is 25.7 Å². The fourth-order valence-electron chi connectivity index (χ4n) is 2.25. The quantitative estimate of drug-likeness (QED) is 0.582. The minimum atomic E-state index is -0.538. The number of hydrogen-bond donors (Lipinski definition) is 2. The third kappa shape index (κ3) is 4.81. The smallest absolute Gasteiger partial charge is 0.363 e. The molecule has 2 N–H and O–H groups in total. The summed E-state index contributed by atoms with van der Waals surface area (Å²) >= 11 is 0. The number of benzene rings is 1. The minimum absolute atomic E-state index is 0.305. The number of para-hydroxylation sites is 1. The van der Waals surface area contributed by atoms with E-state index in [-0.39, 0.29) is 5.41 Å². The van der Waals surface area contributed by atoms with Gasteiger partial charge in [0.25, 0.3) is 0 Å². The molecule has 0 radical (unpaired) electrons. The van der Waals surface area contributed by atoms with Crippen molar-refractivity contribution < 1.29 is 9.47 Å². The van der Waals surface area contributed by atoms with Crippen molar-refractivity contribution in [1.29, 1.82) is 0 Å². The standard InChI is InChI=1S/C18H25N5O3/c1-6-10-26-14-12(8-7-9-13(14)25-5)11-19-22-16-15(18(2,3)4)21-23-17(24)20-16/h7-9,11H,6,10H2,1-5H3,(H2,20,22,23,24)/b19-11+. The third-order valence-electron chi connectivity index (χ3n) is 3.47.